The lowest BCUT2D eigenvalue weighted by Crippen LogP contribution is -2.49. The third-order valence-electron chi connectivity index (χ3n) is 4.02. The third-order valence-corrected chi connectivity index (χ3v) is 4.65. The zero-order valence-corrected chi connectivity index (χ0v) is 17.3. The average molecular weight is 457 g/mol. The van der Waals surface area contributed by atoms with Crippen molar-refractivity contribution in [3.63, 3.8) is 0 Å². The lowest BCUT2D eigenvalue weighted by atomic mass is 10.1. The van der Waals surface area contributed by atoms with Crippen LogP contribution in [0.4, 0.5) is 10.5 Å². The van der Waals surface area contributed by atoms with Gasteiger partial charge >= 0.3 is 6.09 Å². The van der Waals surface area contributed by atoms with E-state index < -0.39 is 5.60 Å². The van der Waals surface area contributed by atoms with Gasteiger partial charge in [-0.2, -0.15) is 0 Å². The van der Waals surface area contributed by atoms with Crippen molar-refractivity contribution in [3.05, 3.63) is 37.3 Å². The van der Waals surface area contributed by atoms with E-state index in [0.29, 0.717) is 18.8 Å². The summed E-state index contributed by atoms with van der Waals surface area (Å²) in [6.07, 6.45) is -0.247. The molecule has 0 N–H and O–H groups in total. The van der Waals surface area contributed by atoms with Crippen LogP contribution in [-0.2, 0) is 11.3 Å². The number of rotatable bonds is 3. The van der Waals surface area contributed by atoms with Crippen molar-refractivity contribution in [2.45, 2.75) is 39.8 Å². The Hall–Kier alpha value is -1.51. The van der Waals surface area contributed by atoms with Crippen LogP contribution in [0.3, 0.4) is 0 Å². The van der Waals surface area contributed by atoms with Crippen molar-refractivity contribution in [1.82, 2.24) is 9.80 Å². The van der Waals surface area contributed by atoms with Crippen molar-refractivity contribution >= 4 is 34.4 Å². The van der Waals surface area contributed by atoms with Gasteiger partial charge in [0.25, 0.3) is 0 Å². The number of hydrogen-bond donors (Lipinski definition) is 0. The number of amides is 1. The first-order valence-electron chi connectivity index (χ1n) is 8.24. The molecule has 1 aliphatic heterocycles. The normalized spacial score (nSPS) is 15.6. The fourth-order valence-electron chi connectivity index (χ4n) is 2.69. The van der Waals surface area contributed by atoms with Crippen LogP contribution in [0.5, 0.6) is 0 Å². The van der Waals surface area contributed by atoms with Crippen LogP contribution in [0, 0.1) is 10.5 Å². The van der Waals surface area contributed by atoms with Crippen molar-refractivity contribution < 1.29 is 9.53 Å². The molecule has 0 bridgehead atoms. The third kappa shape index (κ3) is 5.76. The molecule has 0 aromatic heterocycles. The summed E-state index contributed by atoms with van der Waals surface area (Å²) in [6, 6.07) is 4.01. The van der Waals surface area contributed by atoms with E-state index in [2.05, 4.69) is 43.6 Å². The maximum absolute atomic E-state index is 12.1. The van der Waals surface area contributed by atoms with Crippen molar-refractivity contribution in [2.75, 3.05) is 26.2 Å². The van der Waals surface area contributed by atoms with E-state index in [0.717, 1.165) is 34.3 Å². The van der Waals surface area contributed by atoms with Crippen LogP contribution in [0.1, 0.15) is 31.9 Å². The number of carbonyl (C=O) groups is 1. The van der Waals surface area contributed by atoms with Gasteiger partial charge < -0.3 is 9.64 Å². The molecule has 0 atom stereocenters. The fourth-order valence-corrected chi connectivity index (χ4v) is 3.36. The van der Waals surface area contributed by atoms with Crippen molar-refractivity contribution in [1.29, 1.82) is 0 Å². The van der Waals surface area contributed by atoms with Gasteiger partial charge in [-0.3, -0.25) is 4.90 Å². The zero-order valence-electron chi connectivity index (χ0n) is 15.1. The van der Waals surface area contributed by atoms with E-state index in [4.69, 9.17) is 10.3 Å². The summed E-state index contributed by atoms with van der Waals surface area (Å²) in [4.78, 5) is 19.1. The summed E-state index contributed by atoms with van der Waals surface area (Å²) in [5.41, 5.74) is 11.1. The number of azide groups is 1. The molecule has 1 saturated heterocycles. The second-order valence-corrected chi connectivity index (χ2v) is 8.39. The standard InChI is InChI=1S/C17H24IN5O2/c1-12-13(9-14(18)10-15(12)20-21-19)11-22-5-7-23(8-6-22)16(24)25-17(2,3)4/h9-10H,5-8,11H2,1-4H3. The van der Waals surface area contributed by atoms with Crippen molar-refractivity contribution in [2.24, 2.45) is 5.11 Å². The van der Waals surface area contributed by atoms with Gasteiger partial charge in [0.1, 0.15) is 5.60 Å². The number of carbonyl (C=O) groups excluding carboxylic acids is 1. The molecule has 25 heavy (non-hydrogen) atoms. The molecule has 0 unspecified atom stereocenters. The van der Waals surface area contributed by atoms with Gasteiger partial charge in [0, 0.05) is 46.9 Å². The number of halogens is 1. The van der Waals surface area contributed by atoms with E-state index in [1.807, 2.05) is 33.8 Å². The molecule has 0 aliphatic carbocycles. The predicted octanol–water partition coefficient (Wildman–Crippen LogP) is 4.59. The Morgan fingerprint density at radius 1 is 1.32 bits per heavy atom. The highest BCUT2D eigenvalue weighted by Crippen LogP contribution is 2.27. The Labute approximate surface area is 162 Å². The lowest BCUT2D eigenvalue weighted by Gasteiger charge is -2.35. The summed E-state index contributed by atoms with van der Waals surface area (Å²) < 4.78 is 6.48. The molecule has 136 valence electrons. The summed E-state index contributed by atoms with van der Waals surface area (Å²) in [7, 11) is 0. The second-order valence-electron chi connectivity index (χ2n) is 7.14. The molecule has 2 rings (SSSR count). The molecule has 1 aliphatic rings. The Morgan fingerprint density at radius 3 is 2.52 bits per heavy atom. The summed E-state index contributed by atoms with van der Waals surface area (Å²) in [5, 5.41) is 3.78. The second kappa shape index (κ2) is 8.25. The molecular weight excluding hydrogens is 433 g/mol. The highest BCUT2D eigenvalue weighted by Gasteiger charge is 2.26. The van der Waals surface area contributed by atoms with Gasteiger partial charge in [-0.15, -0.1) is 0 Å². The molecule has 1 aromatic carbocycles. The molecule has 1 aromatic rings. The lowest BCUT2D eigenvalue weighted by molar-refractivity contribution is 0.0139. The Balaban J connectivity index is 1.99. The molecule has 8 heteroatoms. The van der Waals surface area contributed by atoms with E-state index in [1.165, 1.54) is 0 Å². The monoisotopic (exact) mass is 457 g/mol. The summed E-state index contributed by atoms with van der Waals surface area (Å²) in [5.74, 6) is 0. The number of piperazine rings is 1. The molecule has 0 spiro atoms. The first kappa shape index (κ1) is 19.8. The van der Waals surface area contributed by atoms with Gasteiger partial charge in [0.2, 0.25) is 0 Å². The molecular formula is C17H24IN5O2. The minimum absolute atomic E-state index is 0.247. The molecule has 0 radical (unpaired) electrons. The predicted molar refractivity (Wildman–Crippen MR) is 106 cm³/mol. The number of benzene rings is 1. The Kier molecular flexibility index (Phi) is 6.53. The number of ether oxygens (including phenoxy) is 1. The van der Waals surface area contributed by atoms with Gasteiger partial charge in [-0.05, 0) is 79.1 Å². The van der Waals surface area contributed by atoms with E-state index >= 15 is 0 Å². The number of nitrogens with zero attached hydrogens (tertiary/aromatic N) is 5. The Morgan fingerprint density at radius 2 is 1.96 bits per heavy atom. The highest BCUT2D eigenvalue weighted by molar-refractivity contribution is 14.1. The first-order chi connectivity index (χ1) is 11.7. The minimum atomic E-state index is -0.469. The highest BCUT2D eigenvalue weighted by atomic mass is 127. The van der Waals surface area contributed by atoms with Gasteiger partial charge in [-0.1, -0.05) is 5.11 Å². The average Bonchev–Trinajstić information content (AvgIpc) is 2.51. The molecule has 1 fully saturated rings. The summed E-state index contributed by atoms with van der Waals surface area (Å²) >= 11 is 2.23. The smallest absolute Gasteiger partial charge is 0.410 e. The van der Waals surface area contributed by atoms with Crippen LogP contribution in [0.15, 0.2) is 17.2 Å². The topological polar surface area (TPSA) is 81.5 Å². The molecule has 0 saturated carbocycles. The van der Waals surface area contributed by atoms with E-state index in [9.17, 15) is 4.79 Å². The number of hydrogen-bond acceptors (Lipinski definition) is 4. The first-order valence-corrected chi connectivity index (χ1v) is 9.32. The van der Waals surface area contributed by atoms with Crippen LogP contribution in [-0.4, -0.2) is 47.7 Å². The van der Waals surface area contributed by atoms with Crippen molar-refractivity contribution in [3.8, 4) is 0 Å². The quantitative estimate of drug-likeness (QED) is 0.288. The van der Waals surface area contributed by atoms with E-state index in [-0.39, 0.29) is 6.09 Å². The largest absolute Gasteiger partial charge is 0.444 e. The fraction of sp³-hybridized carbons (Fsp3) is 0.588. The molecule has 1 amide bonds. The SMILES string of the molecule is Cc1c(CN2CCN(C(=O)OC(C)(C)C)CC2)cc(I)cc1N=[N+]=[N-]. The Bertz CT molecular complexity index is 687. The van der Waals surface area contributed by atoms with Gasteiger partial charge in [0.15, 0.2) is 0 Å². The van der Waals surface area contributed by atoms with E-state index in [1.54, 1.807) is 4.90 Å². The van der Waals surface area contributed by atoms with Crippen LogP contribution in [0.2, 0.25) is 0 Å². The maximum atomic E-state index is 12.1. The van der Waals surface area contributed by atoms with Crippen LogP contribution in [0.25, 0.3) is 10.4 Å². The van der Waals surface area contributed by atoms with Crippen LogP contribution < -0.4 is 0 Å². The summed E-state index contributed by atoms with van der Waals surface area (Å²) in [6.45, 7) is 11.3. The molecule has 7 nitrogen and oxygen atoms in total. The van der Waals surface area contributed by atoms with Gasteiger partial charge in [0.05, 0.1) is 0 Å². The minimum Gasteiger partial charge on any atom is -0.444 e. The van der Waals surface area contributed by atoms with Crippen LogP contribution >= 0.6 is 22.6 Å². The molecule has 1 heterocycles. The maximum Gasteiger partial charge on any atom is 0.410 e. The zero-order chi connectivity index (χ0) is 18.6. The van der Waals surface area contributed by atoms with Gasteiger partial charge in [-0.25, -0.2) is 4.79 Å².